The number of aromatic amines is 1. The molecule has 0 saturated carbocycles. The summed E-state index contributed by atoms with van der Waals surface area (Å²) in [5, 5.41) is 10.2. The lowest BCUT2D eigenvalue weighted by molar-refractivity contribution is 0.0298. The normalized spacial score (nSPS) is 15.4. The Balaban J connectivity index is 1.78. The second kappa shape index (κ2) is 6.35. The SMILES string of the molecule is O=C(c1n[nH]n(N=Cc2ccccc2)c1=O)N1CCOCC1. The van der Waals surface area contributed by atoms with E-state index < -0.39 is 11.5 Å². The minimum absolute atomic E-state index is 0.160. The Morgan fingerprint density at radius 2 is 2.00 bits per heavy atom. The quantitative estimate of drug-likeness (QED) is 0.803. The highest BCUT2D eigenvalue weighted by molar-refractivity contribution is 5.92. The fourth-order valence-corrected chi connectivity index (χ4v) is 2.09. The predicted molar refractivity (Wildman–Crippen MR) is 79.0 cm³/mol. The van der Waals surface area contributed by atoms with Crippen molar-refractivity contribution in [3.05, 3.63) is 51.9 Å². The fourth-order valence-electron chi connectivity index (χ4n) is 2.09. The molecule has 1 aromatic heterocycles. The molecule has 0 bridgehead atoms. The second-order valence-corrected chi connectivity index (χ2v) is 4.74. The molecule has 1 aromatic carbocycles. The summed E-state index contributed by atoms with van der Waals surface area (Å²) >= 11 is 0. The van der Waals surface area contributed by atoms with Gasteiger partial charge >= 0.3 is 5.56 Å². The molecule has 2 heterocycles. The van der Waals surface area contributed by atoms with Gasteiger partial charge in [0.25, 0.3) is 5.91 Å². The van der Waals surface area contributed by atoms with Crippen molar-refractivity contribution in [2.45, 2.75) is 0 Å². The van der Waals surface area contributed by atoms with Gasteiger partial charge in [-0.3, -0.25) is 9.59 Å². The lowest BCUT2D eigenvalue weighted by atomic mass is 10.2. The summed E-state index contributed by atoms with van der Waals surface area (Å²) in [5.74, 6) is -0.404. The van der Waals surface area contributed by atoms with Crippen LogP contribution in [0.3, 0.4) is 0 Å². The Labute approximate surface area is 126 Å². The standard InChI is InChI=1S/C14H15N5O3/c20-13(18-6-8-22-9-7-18)12-14(21)19(17-16-12)15-10-11-4-2-1-3-5-11/h1-5,10,17H,6-9H2. The van der Waals surface area contributed by atoms with Crippen LogP contribution in [0.25, 0.3) is 0 Å². The molecule has 1 aliphatic heterocycles. The number of morpholine rings is 1. The number of carbonyl (C=O) groups excluding carboxylic acids is 1. The average molecular weight is 301 g/mol. The first-order chi connectivity index (χ1) is 10.8. The molecule has 0 spiro atoms. The van der Waals surface area contributed by atoms with E-state index in [0.29, 0.717) is 26.3 Å². The molecule has 8 heteroatoms. The molecule has 1 amide bonds. The highest BCUT2D eigenvalue weighted by Gasteiger charge is 2.24. The van der Waals surface area contributed by atoms with Gasteiger partial charge in [-0.15, -0.1) is 9.89 Å². The highest BCUT2D eigenvalue weighted by atomic mass is 16.5. The van der Waals surface area contributed by atoms with Crippen LogP contribution in [0.4, 0.5) is 0 Å². The van der Waals surface area contributed by atoms with Crippen molar-refractivity contribution in [2.24, 2.45) is 5.10 Å². The van der Waals surface area contributed by atoms with Crippen LogP contribution in [0.1, 0.15) is 16.1 Å². The highest BCUT2D eigenvalue weighted by Crippen LogP contribution is 2.01. The molecule has 0 unspecified atom stereocenters. The molecule has 2 aromatic rings. The van der Waals surface area contributed by atoms with Crippen LogP contribution in [0.2, 0.25) is 0 Å². The molecule has 22 heavy (non-hydrogen) atoms. The molecule has 0 atom stereocenters. The maximum Gasteiger partial charge on any atom is 0.320 e. The molecule has 0 radical (unpaired) electrons. The molecule has 3 rings (SSSR count). The van der Waals surface area contributed by atoms with E-state index in [4.69, 9.17) is 4.74 Å². The van der Waals surface area contributed by atoms with Gasteiger partial charge in [0.2, 0.25) is 5.69 Å². The number of aromatic nitrogens is 3. The first kappa shape index (κ1) is 14.2. The van der Waals surface area contributed by atoms with Gasteiger partial charge in [0.15, 0.2) is 0 Å². The van der Waals surface area contributed by atoms with Crippen LogP contribution in [0.5, 0.6) is 0 Å². The molecule has 1 N–H and O–H groups in total. The van der Waals surface area contributed by atoms with Crippen LogP contribution in [-0.4, -0.2) is 58.4 Å². The minimum Gasteiger partial charge on any atom is -0.378 e. The monoisotopic (exact) mass is 301 g/mol. The first-order valence-corrected chi connectivity index (χ1v) is 6.89. The van der Waals surface area contributed by atoms with E-state index >= 15 is 0 Å². The number of carbonyl (C=O) groups is 1. The van der Waals surface area contributed by atoms with Crippen LogP contribution >= 0.6 is 0 Å². The number of rotatable bonds is 3. The molecule has 8 nitrogen and oxygen atoms in total. The van der Waals surface area contributed by atoms with Gasteiger partial charge in [0.05, 0.1) is 19.4 Å². The van der Waals surface area contributed by atoms with Gasteiger partial charge in [-0.25, -0.2) is 0 Å². The molecule has 0 aliphatic carbocycles. The van der Waals surface area contributed by atoms with Crippen molar-refractivity contribution < 1.29 is 9.53 Å². The Morgan fingerprint density at radius 3 is 2.73 bits per heavy atom. The van der Waals surface area contributed by atoms with E-state index in [-0.39, 0.29) is 5.69 Å². The maximum absolute atomic E-state index is 12.2. The van der Waals surface area contributed by atoms with Gasteiger partial charge in [0.1, 0.15) is 0 Å². The number of amides is 1. The smallest absolute Gasteiger partial charge is 0.320 e. The molecule has 1 fully saturated rings. The van der Waals surface area contributed by atoms with Gasteiger partial charge in [-0.1, -0.05) is 30.3 Å². The van der Waals surface area contributed by atoms with Crippen LogP contribution in [-0.2, 0) is 4.74 Å². The first-order valence-electron chi connectivity index (χ1n) is 6.89. The second-order valence-electron chi connectivity index (χ2n) is 4.74. The van der Waals surface area contributed by atoms with Crippen LogP contribution in [0.15, 0.2) is 40.2 Å². The molecular formula is C14H15N5O3. The van der Waals surface area contributed by atoms with Crippen molar-refractivity contribution in [3.8, 4) is 0 Å². The van der Waals surface area contributed by atoms with Gasteiger partial charge < -0.3 is 9.64 Å². The van der Waals surface area contributed by atoms with E-state index in [0.717, 1.165) is 10.4 Å². The zero-order valence-corrected chi connectivity index (χ0v) is 11.8. The summed E-state index contributed by atoms with van der Waals surface area (Å²) in [6.07, 6.45) is 1.52. The summed E-state index contributed by atoms with van der Waals surface area (Å²) in [7, 11) is 0. The number of hydrogen-bond acceptors (Lipinski definition) is 5. The summed E-state index contributed by atoms with van der Waals surface area (Å²) in [4.78, 5) is 26.9. The minimum atomic E-state index is -0.566. The predicted octanol–water partition coefficient (Wildman–Crippen LogP) is -0.0740. The number of H-pyrrole nitrogens is 1. The number of nitrogens with one attached hydrogen (secondary N) is 1. The van der Waals surface area contributed by atoms with Crippen molar-refractivity contribution in [1.29, 1.82) is 0 Å². The number of hydrogen-bond donors (Lipinski definition) is 1. The van der Waals surface area contributed by atoms with Crippen LogP contribution < -0.4 is 5.56 Å². The molecule has 114 valence electrons. The topological polar surface area (TPSA) is 92.6 Å². The van der Waals surface area contributed by atoms with Gasteiger partial charge in [-0.05, 0) is 5.56 Å². The maximum atomic E-state index is 12.2. The van der Waals surface area contributed by atoms with Crippen molar-refractivity contribution in [2.75, 3.05) is 26.3 Å². The van der Waals surface area contributed by atoms with E-state index in [1.54, 1.807) is 4.90 Å². The van der Waals surface area contributed by atoms with Gasteiger partial charge in [0, 0.05) is 13.1 Å². The summed E-state index contributed by atoms with van der Waals surface area (Å²) in [6, 6.07) is 9.32. The lowest BCUT2D eigenvalue weighted by Gasteiger charge is -2.25. The molecular weight excluding hydrogens is 286 g/mol. The Kier molecular flexibility index (Phi) is 4.10. The van der Waals surface area contributed by atoms with Crippen LogP contribution in [0, 0.1) is 0 Å². The molecule has 1 aliphatic rings. The average Bonchev–Trinajstić information content (AvgIpc) is 2.95. The van der Waals surface area contributed by atoms with E-state index in [2.05, 4.69) is 15.4 Å². The van der Waals surface area contributed by atoms with Crippen molar-refractivity contribution in [3.63, 3.8) is 0 Å². The zero-order chi connectivity index (χ0) is 15.4. The van der Waals surface area contributed by atoms with Crippen molar-refractivity contribution >= 4 is 12.1 Å². The molecule has 1 saturated heterocycles. The Hall–Kier alpha value is -2.74. The van der Waals surface area contributed by atoms with E-state index in [1.165, 1.54) is 6.21 Å². The van der Waals surface area contributed by atoms with E-state index in [1.807, 2.05) is 30.3 Å². The summed E-state index contributed by atoms with van der Waals surface area (Å²) in [5.41, 5.74) is 0.112. The summed E-state index contributed by atoms with van der Waals surface area (Å²) in [6.45, 7) is 1.85. The summed E-state index contributed by atoms with van der Waals surface area (Å²) < 4.78 is 5.18. The third-order valence-corrected chi connectivity index (χ3v) is 3.27. The van der Waals surface area contributed by atoms with Gasteiger partial charge in [-0.2, -0.15) is 10.3 Å². The third kappa shape index (κ3) is 2.96. The number of ether oxygens (including phenoxy) is 1. The fraction of sp³-hybridized carbons (Fsp3) is 0.286. The van der Waals surface area contributed by atoms with E-state index in [9.17, 15) is 9.59 Å². The Morgan fingerprint density at radius 1 is 1.27 bits per heavy atom. The largest absolute Gasteiger partial charge is 0.378 e. The number of benzene rings is 1. The Bertz CT molecular complexity index is 728. The zero-order valence-electron chi connectivity index (χ0n) is 11.8. The third-order valence-electron chi connectivity index (χ3n) is 3.27. The lowest BCUT2D eigenvalue weighted by Crippen LogP contribution is -2.42. The van der Waals surface area contributed by atoms with Crippen molar-refractivity contribution in [1.82, 2.24) is 20.0 Å². The number of nitrogens with zero attached hydrogens (tertiary/aromatic N) is 4.